The van der Waals surface area contributed by atoms with Crippen molar-refractivity contribution in [3.63, 3.8) is 0 Å². The SMILES string of the molecule is COc1cccc(CN2CC(C)(CCN)OCC2=O)c1. The van der Waals surface area contributed by atoms with Gasteiger partial charge in [0.2, 0.25) is 5.91 Å². The van der Waals surface area contributed by atoms with Crippen molar-refractivity contribution in [2.45, 2.75) is 25.5 Å². The number of rotatable bonds is 5. The number of amides is 1. The third-order valence-electron chi connectivity index (χ3n) is 3.60. The summed E-state index contributed by atoms with van der Waals surface area (Å²) >= 11 is 0. The molecule has 1 unspecified atom stereocenters. The first-order valence-corrected chi connectivity index (χ1v) is 6.81. The van der Waals surface area contributed by atoms with Gasteiger partial charge in [0.1, 0.15) is 12.4 Å². The highest BCUT2D eigenvalue weighted by atomic mass is 16.5. The summed E-state index contributed by atoms with van der Waals surface area (Å²) in [5.74, 6) is 0.815. The van der Waals surface area contributed by atoms with Gasteiger partial charge in [-0.3, -0.25) is 4.79 Å². The van der Waals surface area contributed by atoms with E-state index in [2.05, 4.69) is 0 Å². The Hall–Kier alpha value is -1.59. The van der Waals surface area contributed by atoms with Gasteiger partial charge in [0, 0.05) is 13.1 Å². The quantitative estimate of drug-likeness (QED) is 0.878. The Morgan fingerprint density at radius 3 is 3.00 bits per heavy atom. The molecule has 20 heavy (non-hydrogen) atoms. The number of ether oxygens (including phenoxy) is 2. The maximum Gasteiger partial charge on any atom is 0.248 e. The number of benzene rings is 1. The molecular weight excluding hydrogens is 256 g/mol. The van der Waals surface area contributed by atoms with Crippen LogP contribution in [0.4, 0.5) is 0 Å². The van der Waals surface area contributed by atoms with Crippen LogP contribution in [0.1, 0.15) is 18.9 Å². The van der Waals surface area contributed by atoms with E-state index in [1.807, 2.05) is 36.1 Å². The summed E-state index contributed by atoms with van der Waals surface area (Å²) in [6.45, 7) is 3.82. The zero-order valence-electron chi connectivity index (χ0n) is 12.1. The number of nitrogens with two attached hydrogens (primary N) is 1. The van der Waals surface area contributed by atoms with Crippen LogP contribution in [0.15, 0.2) is 24.3 Å². The van der Waals surface area contributed by atoms with Crippen molar-refractivity contribution in [3.8, 4) is 5.75 Å². The molecule has 2 rings (SSSR count). The highest BCUT2D eigenvalue weighted by Gasteiger charge is 2.35. The number of hydrogen-bond acceptors (Lipinski definition) is 4. The standard InChI is InChI=1S/C15H22N2O3/c1-15(6-7-16)11-17(14(18)10-20-15)9-12-4-3-5-13(8-12)19-2/h3-5,8H,6-7,9-11,16H2,1-2H3. The molecule has 1 aliphatic rings. The average Bonchev–Trinajstić information content (AvgIpc) is 2.44. The lowest BCUT2D eigenvalue weighted by Gasteiger charge is -2.40. The fourth-order valence-electron chi connectivity index (χ4n) is 2.46. The summed E-state index contributed by atoms with van der Waals surface area (Å²) in [5, 5.41) is 0. The Kier molecular flexibility index (Phi) is 4.62. The van der Waals surface area contributed by atoms with Gasteiger partial charge in [0.05, 0.1) is 12.7 Å². The molecule has 1 heterocycles. The van der Waals surface area contributed by atoms with Crippen molar-refractivity contribution in [1.82, 2.24) is 4.90 Å². The first kappa shape index (κ1) is 14.8. The van der Waals surface area contributed by atoms with E-state index in [0.29, 0.717) is 19.6 Å². The summed E-state index contributed by atoms with van der Waals surface area (Å²) in [6, 6.07) is 7.76. The largest absolute Gasteiger partial charge is 0.497 e. The molecule has 0 spiro atoms. The summed E-state index contributed by atoms with van der Waals surface area (Å²) in [5.41, 5.74) is 6.32. The highest BCUT2D eigenvalue weighted by molar-refractivity contribution is 5.78. The fourth-order valence-corrected chi connectivity index (χ4v) is 2.46. The molecule has 0 saturated carbocycles. The second-order valence-corrected chi connectivity index (χ2v) is 5.38. The summed E-state index contributed by atoms with van der Waals surface area (Å²) in [7, 11) is 1.64. The summed E-state index contributed by atoms with van der Waals surface area (Å²) in [4.78, 5) is 13.8. The third-order valence-corrected chi connectivity index (χ3v) is 3.60. The summed E-state index contributed by atoms with van der Waals surface area (Å²) in [6.07, 6.45) is 0.745. The number of hydrogen-bond donors (Lipinski definition) is 1. The normalized spacial score (nSPS) is 22.9. The topological polar surface area (TPSA) is 64.8 Å². The summed E-state index contributed by atoms with van der Waals surface area (Å²) < 4.78 is 10.8. The van der Waals surface area contributed by atoms with Crippen LogP contribution in [-0.4, -0.2) is 43.2 Å². The molecule has 1 aliphatic heterocycles. The average molecular weight is 278 g/mol. The van der Waals surface area contributed by atoms with Gasteiger partial charge >= 0.3 is 0 Å². The van der Waals surface area contributed by atoms with E-state index in [1.54, 1.807) is 7.11 Å². The van der Waals surface area contributed by atoms with Crippen LogP contribution in [0.25, 0.3) is 0 Å². The van der Waals surface area contributed by atoms with E-state index in [0.717, 1.165) is 17.7 Å². The van der Waals surface area contributed by atoms with Crippen LogP contribution in [0.5, 0.6) is 5.75 Å². The number of morpholine rings is 1. The minimum absolute atomic E-state index is 0.0160. The Morgan fingerprint density at radius 1 is 1.50 bits per heavy atom. The molecule has 5 heteroatoms. The van der Waals surface area contributed by atoms with Crippen molar-refractivity contribution in [2.75, 3.05) is 26.8 Å². The molecule has 1 amide bonds. The van der Waals surface area contributed by atoms with E-state index in [1.165, 1.54) is 0 Å². The van der Waals surface area contributed by atoms with E-state index < -0.39 is 0 Å². The maximum atomic E-state index is 12.0. The smallest absolute Gasteiger partial charge is 0.248 e. The monoisotopic (exact) mass is 278 g/mol. The first-order valence-electron chi connectivity index (χ1n) is 6.81. The lowest BCUT2D eigenvalue weighted by molar-refractivity contribution is -0.162. The van der Waals surface area contributed by atoms with Crippen molar-refractivity contribution in [2.24, 2.45) is 5.73 Å². The molecule has 1 aromatic carbocycles. The molecular formula is C15H22N2O3. The zero-order valence-corrected chi connectivity index (χ0v) is 12.1. The second-order valence-electron chi connectivity index (χ2n) is 5.38. The van der Waals surface area contributed by atoms with Crippen LogP contribution in [-0.2, 0) is 16.1 Å². The predicted octanol–water partition coefficient (Wildman–Crippen LogP) is 1.16. The van der Waals surface area contributed by atoms with Crippen LogP contribution in [0.2, 0.25) is 0 Å². The van der Waals surface area contributed by atoms with Gasteiger partial charge in [-0.2, -0.15) is 0 Å². The Balaban J connectivity index is 2.08. The van der Waals surface area contributed by atoms with Gasteiger partial charge in [0.15, 0.2) is 0 Å². The van der Waals surface area contributed by atoms with Crippen LogP contribution >= 0.6 is 0 Å². The Morgan fingerprint density at radius 2 is 2.30 bits per heavy atom. The molecule has 110 valence electrons. The number of carbonyl (C=O) groups is 1. The Labute approximate surface area is 119 Å². The van der Waals surface area contributed by atoms with Crippen molar-refractivity contribution >= 4 is 5.91 Å². The fraction of sp³-hybridized carbons (Fsp3) is 0.533. The van der Waals surface area contributed by atoms with Crippen LogP contribution < -0.4 is 10.5 Å². The van der Waals surface area contributed by atoms with Crippen molar-refractivity contribution < 1.29 is 14.3 Å². The molecule has 0 aromatic heterocycles. The van der Waals surface area contributed by atoms with Gasteiger partial charge in [-0.05, 0) is 37.6 Å². The molecule has 1 saturated heterocycles. The van der Waals surface area contributed by atoms with E-state index >= 15 is 0 Å². The molecule has 1 aromatic rings. The van der Waals surface area contributed by atoms with Gasteiger partial charge in [-0.25, -0.2) is 0 Å². The highest BCUT2D eigenvalue weighted by Crippen LogP contribution is 2.23. The predicted molar refractivity (Wildman–Crippen MR) is 76.4 cm³/mol. The molecule has 2 N–H and O–H groups in total. The molecule has 5 nitrogen and oxygen atoms in total. The Bertz CT molecular complexity index is 478. The number of methoxy groups -OCH3 is 1. The third kappa shape index (κ3) is 3.49. The molecule has 1 atom stereocenters. The number of nitrogens with zero attached hydrogens (tertiary/aromatic N) is 1. The van der Waals surface area contributed by atoms with E-state index in [9.17, 15) is 4.79 Å². The molecule has 0 bridgehead atoms. The lowest BCUT2D eigenvalue weighted by atomic mass is 9.99. The molecule has 1 fully saturated rings. The maximum absolute atomic E-state index is 12.0. The second kappa shape index (κ2) is 6.24. The van der Waals surface area contributed by atoms with Gasteiger partial charge in [0.25, 0.3) is 0 Å². The zero-order chi connectivity index (χ0) is 14.6. The van der Waals surface area contributed by atoms with Crippen LogP contribution in [0.3, 0.4) is 0 Å². The first-order chi connectivity index (χ1) is 9.56. The van der Waals surface area contributed by atoms with Gasteiger partial charge in [-0.15, -0.1) is 0 Å². The lowest BCUT2D eigenvalue weighted by Crippen LogP contribution is -2.53. The number of carbonyl (C=O) groups excluding carboxylic acids is 1. The van der Waals surface area contributed by atoms with E-state index in [-0.39, 0.29) is 18.1 Å². The van der Waals surface area contributed by atoms with Gasteiger partial charge in [-0.1, -0.05) is 12.1 Å². The van der Waals surface area contributed by atoms with E-state index in [4.69, 9.17) is 15.2 Å². The van der Waals surface area contributed by atoms with Crippen molar-refractivity contribution in [3.05, 3.63) is 29.8 Å². The molecule has 0 radical (unpaired) electrons. The molecule has 0 aliphatic carbocycles. The van der Waals surface area contributed by atoms with Crippen molar-refractivity contribution in [1.29, 1.82) is 0 Å². The van der Waals surface area contributed by atoms with Gasteiger partial charge < -0.3 is 20.1 Å². The van der Waals surface area contributed by atoms with Crippen LogP contribution in [0, 0.1) is 0 Å². The minimum atomic E-state index is -0.346. The minimum Gasteiger partial charge on any atom is -0.497 e.